The Kier molecular flexibility index (Phi) is 6.19. The van der Waals surface area contributed by atoms with Crippen LogP contribution in [0.25, 0.3) is 17.2 Å². The number of amides is 1. The lowest BCUT2D eigenvalue weighted by atomic mass is 9.98. The van der Waals surface area contributed by atoms with E-state index in [0.29, 0.717) is 13.2 Å². The van der Waals surface area contributed by atoms with Crippen molar-refractivity contribution >= 4 is 28.1 Å². The smallest absolute Gasteiger partial charge is 0.407 e. The van der Waals surface area contributed by atoms with Crippen molar-refractivity contribution in [3.8, 4) is 16.9 Å². The van der Waals surface area contributed by atoms with Gasteiger partial charge in [0.25, 0.3) is 0 Å². The Morgan fingerprint density at radius 3 is 2.33 bits per heavy atom. The van der Waals surface area contributed by atoms with Crippen LogP contribution in [0.2, 0.25) is 0 Å². The van der Waals surface area contributed by atoms with Gasteiger partial charge in [0, 0.05) is 16.9 Å². The van der Waals surface area contributed by atoms with Gasteiger partial charge in [-0.2, -0.15) is 0 Å². The van der Waals surface area contributed by atoms with Gasteiger partial charge in [0.1, 0.15) is 12.4 Å². The zero-order valence-electron chi connectivity index (χ0n) is 16.6. The lowest BCUT2D eigenvalue weighted by Crippen LogP contribution is -2.26. The second kappa shape index (κ2) is 9.18. The molecule has 0 saturated carbocycles. The molecule has 0 saturated heterocycles. The molecule has 30 heavy (non-hydrogen) atoms. The van der Waals surface area contributed by atoms with E-state index in [0.717, 1.165) is 15.8 Å². The summed E-state index contributed by atoms with van der Waals surface area (Å²) in [7, 11) is 1.63. The van der Waals surface area contributed by atoms with Crippen LogP contribution >= 0.6 is 15.9 Å². The number of fused-ring (bicyclic) bond motifs is 3. The maximum atomic E-state index is 12.2. The number of ether oxygens (including phenoxy) is 2. The highest BCUT2D eigenvalue weighted by molar-refractivity contribution is 9.10. The highest BCUT2D eigenvalue weighted by Gasteiger charge is 2.28. The van der Waals surface area contributed by atoms with Gasteiger partial charge in [0.05, 0.1) is 7.11 Å². The topological polar surface area (TPSA) is 47.6 Å². The summed E-state index contributed by atoms with van der Waals surface area (Å²) < 4.78 is 11.7. The van der Waals surface area contributed by atoms with Gasteiger partial charge in [-0.15, -0.1) is 0 Å². The molecule has 3 aromatic carbocycles. The number of hydrogen-bond acceptors (Lipinski definition) is 3. The summed E-state index contributed by atoms with van der Waals surface area (Å²) in [5, 5.41) is 2.78. The molecule has 152 valence electrons. The number of hydrogen-bond donors (Lipinski definition) is 1. The summed E-state index contributed by atoms with van der Waals surface area (Å²) in [4.78, 5) is 12.2. The summed E-state index contributed by atoms with van der Waals surface area (Å²) in [6.07, 6.45) is 3.40. The van der Waals surface area contributed by atoms with Gasteiger partial charge in [-0.1, -0.05) is 82.7 Å². The molecule has 0 aliphatic heterocycles. The number of nitrogens with one attached hydrogen (secondary N) is 1. The molecule has 0 radical (unpaired) electrons. The molecule has 4 nitrogen and oxygen atoms in total. The van der Waals surface area contributed by atoms with E-state index >= 15 is 0 Å². The first-order chi connectivity index (χ1) is 14.7. The third-order valence-electron chi connectivity index (χ3n) is 5.21. The van der Waals surface area contributed by atoms with Gasteiger partial charge in [0.2, 0.25) is 0 Å². The van der Waals surface area contributed by atoms with Gasteiger partial charge in [0.15, 0.2) is 0 Å². The van der Waals surface area contributed by atoms with E-state index in [1.807, 2.05) is 54.6 Å². The van der Waals surface area contributed by atoms with Crippen molar-refractivity contribution in [3.05, 3.63) is 94.0 Å². The van der Waals surface area contributed by atoms with Crippen molar-refractivity contribution in [2.75, 3.05) is 20.3 Å². The first kappa shape index (κ1) is 20.2. The minimum Gasteiger partial charge on any atom is -0.497 e. The van der Waals surface area contributed by atoms with E-state index in [2.05, 4.69) is 45.5 Å². The molecule has 0 bridgehead atoms. The van der Waals surface area contributed by atoms with Crippen molar-refractivity contribution < 1.29 is 14.3 Å². The number of carbonyl (C=O) groups excluding carboxylic acids is 1. The Morgan fingerprint density at radius 2 is 1.70 bits per heavy atom. The third kappa shape index (κ3) is 4.26. The number of carbonyl (C=O) groups is 1. The summed E-state index contributed by atoms with van der Waals surface area (Å²) in [6.45, 7) is 0.697. The number of benzene rings is 3. The Morgan fingerprint density at radius 1 is 1.03 bits per heavy atom. The molecule has 0 fully saturated rings. The van der Waals surface area contributed by atoms with Crippen molar-refractivity contribution in [3.63, 3.8) is 0 Å². The van der Waals surface area contributed by atoms with Crippen LogP contribution in [-0.4, -0.2) is 26.4 Å². The highest BCUT2D eigenvalue weighted by Crippen LogP contribution is 2.44. The van der Waals surface area contributed by atoms with Crippen LogP contribution in [0.1, 0.15) is 22.6 Å². The molecule has 0 heterocycles. The molecular formula is C25H22BrNO3. The van der Waals surface area contributed by atoms with E-state index in [9.17, 15) is 4.79 Å². The lowest BCUT2D eigenvalue weighted by Gasteiger charge is -2.14. The van der Waals surface area contributed by atoms with Crippen LogP contribution in [0, 0.1) is 0 Å². The van der Waals surface area contributed by atoms with Gasteiger partial charge in [-0.3, -0.25) is 0 Å². The molecule has 0 unspecified atom stereocenters. The van der Waals surface area contributed by atoms with E-state index < -0.39 is 6.09 Å². The molecule has 1 aliphatic carbocycles. The first-order valence-corrected chi connectivity index (χ1v) is 10.6. The average Bonchev–Trinajstić information content (AvgIpc) is 3.10. The molecule has 0 aromatic heterocycles. The Labute approximate surface area is 184 Å². The highest BCUT2D eigenvalue weighted by atomic mass is 79.9. The number of alkyl carbamates (subject to hydrolysis) is 1. The third-order valence-corrected chi connectivity index (χ3v) is 5.90. The molecule has 1 aliphatic rings. The molecule has 3 aromatic rings. The van der Waals surface area contributed by atoms with Crippen LogP contribution in [0.15, 0.2) is 77.3 Å². The fraction of sp³-hybridized carbons (Fsp3) is 0.160. The van der Waals surface area contributed by atoms with Crippen LogP contribution in [-0.2, 0) is 4.74 Å². The number of methoxy groups -OCH3 is 1. The van der Waals surface area contributed by atoms with Crippen LogP contribution in [0.4, 0.5) is 4.79 Å². The van der Waals surface area contributed by atoms with E-state index in [1.54, 1.807) is 7.11 Å². The zero-order valence-corrected chi connectivity index (χ0v) is 18.2. The maximum Gasteiger partial charge on any atom is 0.407 e. The normalized spacial score (nSPS) is 12.5. The second-order valence-corrected chi connectivity index (χ2v) is 7.85. The number of rotatable bonds is 6. The lowest BCUT2D eigenvalue weighted by molar-refractivity contribution is 0.144. The molecule has 5 heteroatoms. The fourth-order valence-electron chi connectivity index (χ4n) is 3.75. The molecule has 0 spiro atoms. The van der Waals surface area contributed by atoms with Gasteiger partial charge in [-0.25, -0.2) is 4.79 Å². The quantitative estimate of drug-likeness (QED) is 0.486. The van der Waals surface area contributed by atoms with E-state index in [4.69, 9.17) is 9.47 Å². The predicted octanol–water partition coefficient (Wildman–Crippen LogP) is 6.01. The largest absolute Gasteiger partial charge is 0.497 e. The van der Waals surface area contributed by atoms with Crippen LogP contribution in [0.5, 0.6) is 5.75 Å². The van der Waals surface area contributed by atoms with Gasteiger partial charge in [-0.05, 0) is 39.9 Å². The fourth-order valence-corrected chi connectivity index (χ4v) is 4.24. The standard InChI is InChI=1S/C25H22BrNO3/c1-29-18-13-12-17(24(26)15-18)7-6-14-27-25(28)30-16-23-21-10-4-2-8-19(21)20-9-3-5-11-22(20)23/h2-13,15,23H,14,16H2,1H3,(H,27,28). The summed E-state index contributed by atoms with van der Waals surface area (Å²) in [6, 6.07) is 22.3. The number of halogens is 1. The summed E-state index contributed by atoms with van der Waals surface area (Å²) in [5.41, 5.74) is 5.85. The van der Waals surface area contributed by atoms with E-state index in [1.165, 1.54) is 22.3 Å². The molecule has 1 N–H and O–H groups in total. The van der Waals surface area contributed by atoms with Crippen molar-refractivity contribution in [2.45, 2.75) is 5.92 Å². The van der Waals surface area contributed by atoms with Crippen LogP contribution in [0.3, 0.4) is 0 Å². The van der Waals surface area contributed by atoms with Crippen molar-refractivity contribution in [1.29, 1.82) is 0 Å². The van der Waals surface area contributed by atoms with Crippen molar-refractivity contribution in [1.82, 2.24) is 5.32 Å². The molecular weight excluding hydrogens is 442 g/mol. The van der Waals surface area contributed by atoms with Crippen LogP contribution < -0.4 is 10.1 Å². The van der Waals surface area contributed by atoms with E-state index in [-0.39, 0.29) is 5.92 Å². The Hall–Kier alpha value is -3.05. The summed E-state index contributed by atoms with van der Waals surface area (Å²) >= 11 is 3.51. The molecule has 4 rings (SSSR count). The van der Waals surface area contributed by atoms with Crippen molar-refractivity contribution in [2.24, 2.45) is 0 Å². The minimum atomic E-state index is -0.421. The van der Waals surface area contributed by atoms with Gasteiger partial charge < -0.3 is 14.8 Å². The maximum absolute atomic E-state index is 12.2. The SMILES string of the molecule is COc1ccc(C=CCNC(=O)OCC2c3ccccc3-c3ccccc32)c(Br)c1. The minimum absolute atomic E-state index is 0.0638. The summed E-state index contributed by atoms with van der Waals surface area (Å²) in [5.74, 6) is 0.852. The average molecular weight is 464 g/mol. The Balaban J connectivity index is 1.32. The Bertz CT molecular complexity index is 1050. The molecule has 1 amide bonds. The first-order valence-electron chi connectivity index (χ1n) is 9.76. The second-order valence-electron chi connectivity index (χ2n) is 7.00. The van der Waals surface area contributed by atoms with Gasteiger partial charge >= 0.3 is 6.09 Å². The molecule has 0 atom stereocenters. The monoisotopic (exact) mass is 463 g/mol. The predicted molar refractivity (Wildman–Crippen MR) is 123 cm³/mol. The zero-order chi connectivity index (χ0) is 20.9.